The molecule has 0 aliphatic heterocycles. The summed E-state index contributed by atoms with van der Waals surface area (Å²) >= 11 is 0. The topological polar surface area (TPSA) is 81.7 Å². The Morgan fingerprint density at radius 2 is 0.886 bits per heavy atom. The van der Waals surface area contributed by atoms with Crippen molar-refractivity contribution in [3.63, 3.8) is 0 Å². The van der Waals surface area contributed by atoms with Crippen molar-refractivity contribution >= 4 is 28.2 Å². The number of anilines is 1. The smallest absolute Gasteiger partial charge is 0.378 e. The van der Waals surface area contributed by atoms with E-state index in [1.54, 1.807) is 0 Å². The highest BCUT2D eigenvalue weighted by Gasteiger charge is 2.01. The third-order valence-electron chi connectivity index (χ3n) is 8.06. The average molecular weight is 632 g/mol. The fourth-order valence-corrected chi connectivity index (χ4v) is 5.35. The molecule has 0 saturated heterocycles. The second kappa shape index (κ2) is 26.0. The second-order valence-corrected chi connectivity index (χ2v) is 13.2. The molecule has 0 atom stereocenters. The van der Waals surface area contributed by atoms with Gasteiger partial charge in [-0.15, -0.1) is 0 Å². The van der Waals surface area contributed by atoms with E-state index in [9.17, 15) is 0 Å². The van der Waals surface area contributed by atoms with Crippen molar-refractivity contribution in [1.82, 2.24) is 0 Å². The van der Waals surface area contributed by atoms with Gasteiger partial charge in [0.05, 0.1) is 0 Å². The number of aromatic nitrogens is 1. The van der Waals surface area contributed by atoms with E-state index in [4.69, 9.17) is 17.5 Å². The number of rotatable bonds is 24. The van der Waals surface area contributed by atoms with Gasteiger partial charge in [-0.25, -0.2) is 4.57 Å². The zero-order chi connectivity index (χ0) is 32.3. The molecule has 0 aliphatic rings. The maximum atomic E-state index is 8.74. The summed E-state index contributed by atoms with van der Waals surface area (Å²) in [6.45, 7) is 3.44. The van der Waals surface area contributed by atoms with Gasteiger partial charge < -0.3 is 4.90 Å². The molecule has 0 amide bonds. The first-order chi connectivity index (χ1) is 21.2. The molecule has 2 aromatic rings. The molecule has 0 aliphatic carbocycles. The first-order valence-electron chi connectivity index (χ1n) is 17.3. The van der Waals surface area contributed by atoms with Gasteiger partial charge in [0.15, 0.2) is 12.4 Å². The number of pyridine rings is 1. The molecule has 1 aromatic carbocycles. The molecule has 6 nitrogen and oxygen atoms in total. The van der Waals surface area contributed by atoms with Crippen LogP contribution in [0.2, 0.25) is 0 Å². The monoisotopic (exact) mass is 631 g/mol. The number of aryl methyl sites for hydroxylation is 1. The van der Waals surface area contributed by atoms with Gasteiger partial charge in [0.1, 0.15) is 6.54 Å². The Morgan fingerprint density at radius 1 is 0.568 bits per heavy atom. The normalized spacial score (nSPS) is 11.5. The van der Waals surface area contributed by atoms with Crippen molar-refractivity contribution in [3.05, 3.63) is 59.9 Å². The fraction of sp³-hybridized carbons (Fsp3) is 0.649. The Bertz CT molecular complexity index is 1060. The minimum Gasteiger partial charge on any atom is -0.378 e. The molecular formula is C37H63N2O4S+. The summed E-state index contributed by atoms with van der Waals surface area (Å²) in [5.74, 6) is 0. The maximum absolute atomic E-state index is 8.74. The minimum atomic E-state index is -4.67. The van der Waals surface area contributed by atoms with E-state index < -0.39 is 10.4 Å². The highest BCUT2D eigenvalue weighted by atomic mass is 32.3. The van der Waals surface area contributed by atoms with Crippen LogP contribution in [0, 0.1) is 0 Å². The summed E-state index contributed by atoms with van der Waals surface area (Å²) in [5, 5.41) is 0. The number of unbranched alkanes of at least 4 members (excludes halogenated alkanes) is 19. The molecule has 2 N–H and O–H groups in total. The van der Waals surface area contributed by atoms with Gasteiger partial charge in [-0.3, -0.25) is 9.11 Å². The molecule has 2 rings (SSSR count). The van der Waals surface area contributed by atoms with E-state index in [0.29, 0.717) is 0 Å². The van der Waals surface area contributed by atoms with E-state index in [1.807, 2.05) is 0 Å². The molecule has 7 heteroatoms. The lowest BCUT2D eigenvalue weighted by Gasteiger charge is -2.11. The third-order valence-corrected chi connectivity index (χ3v) is 8.06. The van der Waals surface area contributed by atoms with Gasteiger partial charge in [-0.1, -0.05) is 147 Å². The van der Waals surface area contributed by atoms with E-state index in [1.165, 1.54) is 145 Å². The minimum absolute atomic E-state index is 1.13. The number of nitrogens with zero attached hydrogens (tertiary/aromatic N) is 2. The third kappa shape index (κ3) is 25.1. The van der Waals surface area contributed by atoms with Gasteiger partial charge in [-0.2, -0.15) is 8.42 Å². The standard InChI is InChI=1S/C37H61N2.H2O4S/c1-4-5-6-7-8-9-10-11-12-13-14-15-16-17-18-19-20-21-22-23-32-39-33-30-36(31-34-39)25-24-35-26-28-37(29-27-35)38(2)3;1-5(2,3)4/h24-31,33-34H,4-23,32H2,1-3H3;(H2,1,2,3,4)/q+1;. The second-order valence-electron chi connectivity index (χ2n) is 12.4. The van der Waals surface area contributed by atoms with Gasteiger partial charge in [0.2, 0.25) is 0 Å². The molecule has 0 fully saturated rings. The summed E-state index contributed by atoms with van der Waals surface area (Å²) in [4.78, 5) is 2.13. The van der Waals surface area contributed by atoms with Gasteiger partial charge >= 0.3 is 10.4 Å². The van der Waals surface area contributed by atoms with Crippen molar-refractivity contribution in [2.24, 2.45) is 0 Å². The fourth-order valence-electron chi connectivity index (χ4n) is 5.35. The van der Waals surface area contributed by atoms with Gasteiger partial charge in [0, 0.05) is 38.3 Å². The van der Waals surface area contributed by atoms with Crippen molar-refractivity contribution in [2.75, 3.05) is 19.0 Å². The largest absolute Gasteiger partial charge is 0.394 e. The summed E-state index contributed by atoms with van der Waals surface area (Å²) in [6.07, 6.45) is 37.6. The first kappa shape index (κ1) is 39.8. The van der Waals surface area contributed by atoms with Gasteiger partial charge in [0.25, 0.3) is 0 Å². The molecule has 1 heterocycles. The lowest BCUT2D eigenvalue weighted by Crippen LogP contribution is -2.32. The van der Waals surface area contributed by atoms with Crippen LogP contribution in [-0.2, 0) is 16.9 Å². The Balaban J connectivity index is 0.00000178. The Labute approximate surface area is 270 Å². The molecule has 0 bridgehead atoms. The zero-order valence-corrected chi connectivity index (χ0v) is 29.0. The summed E-state index contributed by atoms with van der Waals surface area (Å²) in [6, 6.07) is 13.1. The van der Waals surface area contributed by atoms with Crippen LogP contribution < -0.4 is 9.47 Å². The summed E-state index contributed by atoms with van der Waals surface area (Å²) in [7, 11) is -0.516. The number of hydrogen-bond donors (Lipinski definition) is 2. The number of hydrogen-bond acceptors (Lipinski definition) is 3. The van der Waals surface area contributed by atoms with Crippen molar-refractivity contribution in [1.29, 1.82) is 0 Å². The predicted octanol–water partition coefficient (Wildman–Crippen LogP) is 10.4. The molecule has 0 radical (unpaired) electrons. The summed E-state index contributed by atoms with van der Waals surface area (Å²) < 4.78 is 33.9. The average Bonchev–Trinajstić information content (AvgIpc) is 2.99. The van der Waals surface area contributed by atoms with Crippen molar-refractivity contribution < 1.29 is 22.1 Å². The molecule has 44 heavy (non-hydrogen) atoms. The molecule has 250 valence electrons. The molecule has 0 spiro atoms. The van der Waals surface area contributed by atoms with E-state index in [0.717, 1.165) is 6.54 Å². The zero-order valence-electron chi connectivity index (χ0n) is 28.1. The van der Waals surface area contributed by atoms with Crippen molar-refractivity contribution in [3.8, 4) is 0 Å². The van der Waals surface area contributed by atoms with E-state index in [-0.39, 0.29) is 0 Å². The molecule has 1 aromatic heterocycles. The van der Waals surface area contributed by atoms with Crippen LogP contribution in [0.4, 0.5) is 5.69 Å². The van der Waals surface area contributed by atoms with Crippen LogP contribution in [-0.4, -0.2) is 31.6 Å². The maximum Gasteiger partial charge on any atom is 0.394 e. The molecule has 0 saturated carbocycles. The quantitative estimate of drug-likeness (QED) is 0.0684. The lowest BCUT2D eigenvalue weighted by atomic mass is 10.0. The van der Waals surface area contributed by atoms with Crippen LogP contribution in [0.5, 0.6) is 0 Å². The van der Waals surface area contributed by atoms with Crippen LogP contribution >= 0.6 is 0 Å². The highest BCUT2D eigenvalue weighted by Crippen LogP contribution is 2.16. The highest BCUT2D eigenvalue weighted by molar-refractivity contribution is 7.79. The Morgan fingerprint density at radius 3 is 1.23 bits per heavy atom. The van der Waals surface area contributed by atoms with Crippen LogP contribution in [0.1, 0.15) is 146 Å². The predicted molar refractivity (Wildman–Crippen MR) is 189 cm³/mol. The summed E-state index contributed by atoms with van der Waals surface area (Å²) in [5.41, 5.74) is 3.73. The van der Waals surface area contributed by atoms with Crippen LogP contribution in [0.15, 0.2) is 48.8 Å². The molecular weight excluding hydrogens is 568 g/mol. The Kier molecular flexibility index (Phi) is 23.6. The molecule has 0 unspecified atom stereocenters. The van der Waals surface area contributed by atoms with E-state index >= 15 is 0 Å². The van der Waals surface area contributed by atoms with E-state index in [2.05, 4.69) is 91.4 Å². The number of benzene rings is 1. The Hall–Kier alpha value is -2.22. The van der Waals surface area contributed by atoms with Crippen LogP contribution in [0.3, 0.4) is 0 Å². The van der Waals surface area contributed by atoms with Gasteiger partial charge in [-0.05, 0) is 29.7 Å². The van der Waals surface area contributed by atoms with Crippen LogP contribution in [0.25, 0.3) is 12.2 Å². The SMILES string of the molecule is CCCCCCCCCCCCCCCCCCCCCC[n+]1ccc(C=Cc2ccc(N(C)C)cc2)cc1.O=S(=O)(O)O. The first-order valence-corrected chi connectivity index (χ1v) is 18.7. The van der Waals surface area contributed by atoms with Crippen molar-refractivity contribution in [2.45, 2.75) is 142 Å². The lowest BCUT2D eigenvalue weighted by molar-refractivity contribution is -0.697.